The van der Waals surface area contributed by atoms with Crippen LogP contribution < -0.4 is 10.1 Å². The number of rotatable bonds is 7. The summed E-state index contributed by atoms with van der Waals surface area (Å²) >= 11 is 3.38. The zero-order valence-corrected chi connectivity index (χ0v) is 14.3. The van der Waals surface area contributed by atoms with Crippen molar-refractivity contribution in [3.8, 4) is 5.75 Å². The molecule has 1 aromatic heterocycles. The highest BCUT2D eigenvalue weighted by Gasteiger charge is 2.08. The molecule has 0 saturated carbocycles. The quantitative estimate of drug-likeness (QED) is 0.813. The van der Waals surface area contributed by atoms with E-state index in [-0.39, 0.29) is 5.91 Å². The van der Waals surface area contributed by atoms with Gasteiger partial charge in [0.2, 0.25) is 5.91 Å². The maximum absolute atomic E-state index is 12.0. The Morgan fingerprint density at radius 2 is 2.23 bits per heavy atom. The molecule has 2 aromatic rings. The number of nitrogens with zero attached hydrogens (tertiary/aromatic N) is 2. The van der Waals surface area contributed by atoms with E-state index in [1.54, 1.807) is 16.9 Å². The van der Waals surface area contributed by atoms with Crippen LogP contribution in [-0.2, 0) is 11.3 Å². The molecule has 118 valence electrons. The largest absolute Gasteiger partial charge is 0.493 e. The third-order valence-electron chi connectivity index (χ3n) is 2.92. The summed E-state index contributed by atoms with van der Waals surface area (Å²) in [6, 6.07) is 9.35. The molecule has 1 N–H and O–H groups in total. The molecule has 1 heterocycles. The van der Waals surface area contributed by atoms with E-state index in [0.717, 1.165) is 22.6 Å². The molecule has 6 heteroatoms. The molecule has 0 saturated heterocycles. The molecule has 22 heavy (non-hydrogen) atoms. The van der Waals surface area contributed by atoms with Gasteiger partial charge < -0.3 is 10.1 Å². The van der Waals surface area contributed by atoms with E-state index in [0.29, 0.717) is 18.9 Å². The SMILES string of the molecule is CC(C)Cn1nccc1NC(=O)CCOc1cccc(Br)c1. The Kier molecular flexibility index (Phi) is 6.00. The average molecular weight is 366 g/mol. The molecule has 0 unspecified atom stereocenters. The fraction of sp³-hybridized carbons (Fsp3) is 0.375. The lowest BCUT2D eigenvalue weighted by atomic mass is 10.2. The number of aromatic nitrogens is 2. The second-order valence-electron chi connectivity index (χ2n) is 5.40. The molecule has 5 nitrogen and oxygen atoms in total. The van der Waals surface area contributed by atoms with Gasteiger partial charge in [0.1, 0.15) is 11.6 Å². The number of carbonyl (C=O) groups is 1. The summed E-state index contributed by atoms with van der Waals surface area (Å²) in [5.41, 5.74) is 0. The van der Waals surface area contributed by atoms with Crippen molar-refractivity contribution in [1.29, 1.82) is 0 Å². The summed E-state index contributed by atoms with van der Waals surface area (Å²) in [5.74, 6) is 1.85. The number of hydrogen-bond donors (Lipinski definition) is 1. The van der Waals surface area contributed by atoms with Crippen molar-refractivity contribution < 1.29 is 9.53 Å². The first-order chi connectivity index (χ1) is 10.5. The molecule has 0 atom stereocenters. The first-order valence-corrected chi connectivity index (χ1v) is 8.04. The molecule has 2 rings (SSSR count). The second kappa shape index (κ2) is 7.98. The molecule has 0 fully saturated rings. The van der Waals surface area contributed by atoms with E-state index in [4.69, 9.17) is 4.74 Å². The van der Waals surface area contributed by atoms with Crippen LogP contribution in [0, 0.1) is 5.92 Å². The zero-order valence-electron chi connectivity index (χ0n) is 12.8. The van der Waals surface area contributed by atoms with Crippen LogP contribution >= 0.6 is 15.9 Å². The predicted octanol–water partition coefficient (Wildman–Crippen LogP) is 3.71. The van der Waals surface area contributed by atoms with Gasteiger partial charge >= 0.3 is 0 Å². The van der Waals surface area contributed by atoms with E-state index in [1.807, 2.05) is 24.3 Å². The Morgan fingerprint density at radius 1 is 1.41 bits per heavy atom. The van der Waals surface area contributed by atoms with Crippen LogP contribution in [0.5, 0.6) is 5.75 Å². The number of hydrogen-bond acceptors (Lipinski definition) is 3. The third kappa shape index (κ3) is 5.18. The zero-order chi connectivity index (χ0) is 15.9. The molecule has 0 aliphatic rings. The van der Waals surface area contributed by atoms with Crippen molar-refractivity contribution in [2.75, 3.05) is 11.9 Å². The van der Waals surface area contributed by atoms with Crippen LogP contribution in [0.4, 0.5) is 5.82 Å². The van der Waals surface area contributed by atoms with Crippen LogP contribution in [0.1, 0.15) is 20.3 Å². The summed E-state index contributed by atoms with van der Waals surface area (Å²) in [6.07, 6.45) is 1.98. The van der Waals surface area contributed by atoms with Gasteiger partial charge in [-0.15, -0.1) is 0 Å². The van der Waals surface area contributed by atoms with Crippen LogP contribution in [0.2, 0.25) is 0 Å². The van der Waals surface area contributed by atoms with E-state index in [9.17, 15) is 4.79 Å². The Hall–Kier alpha value is -1.82. The molecule has 0 aliphatic carbocycles. The minimum absolute atomic E-state index is 0.0829. The van der Waals surface area contributed by atoms with Gasteiger partial charge in [0.15, 0.2) is 0 Å². The van der Waals surface area contributed by atoms with Crippen LogP contribution in [-0.4, -0.2) is 22.3 Å². The monoisotopic (exact) mass is 365 g/mol. The number of amides is 1. The second-order valence-corrected chi connectivity index (χ2v) is 6.31. The Balaban J connectivity index is 1.80. The highest BCUT2D eigenvalue weighted by atomic mass is 79.9. The Morgan fingerprint density at radius 3 is 2.95 bits per heavy atom. The van der Waals surface area contributed by atoms with Crippen LogP contribution in [0.3, 0.4) is 0 Å². The van der Waals surface area contributed by atoms with Crippen molar-refractivity contribution in [2.45, 2.75) is 26.8 Å². The van der Waals surface area contributed by atoms with Gasteiger partial charge in [0, 0.05) is 17.1 Å². The average Bonchev–Trinajstić information content (AvgIpc) is 2.85. The van der Waals surface area contributed by atoms with E-state index >= 15 is 0 Å². The van der Waals surface area contributed by atoms with Gasteiger partial charge in [-0.05, 0) is 24.1 Å². The first-order valence-electron chi connectivity index (χ1n) is 7.24. The standard InChI is InChI=1S/C16H20BrN3O2/c1-12(2)11-20-15(6-8-18-20)19-16(21)7-9-22-14-5-3-4-13(17)10-14/h3-6,8,10,12H,7,9,11H2,1-2H3,(H,19,21). The molecule has 1 amide bonds. The van der Waals surface area contributed by atoms with E-state index in [2.05, 4.69) is 40.2 Å². The fourth-order valence-electron chi connectivity index (χ4n) is 1.95. The summed E-state index contributed by atoms with van der Waals surface area (Å²) in [4.78, 5) is 12.0. The number of carbonyl (C=O) groups excluding carboxylic acids is 1. The topological polar surface area (TPSA) is 56.2 Å². The van der Waals surface area contributed by atoms with Crippen LogP contribution in [0.25, 0.3) is 0 Å². The summed E-state index contributed by atoms with van der Waals surface area (Å²) in [5, 5.41) is 7.08. The first kappa shape index (κ1) is 16.5. The maximum Gasteiger partial charge on any atom is 0.228 e. The van der Waals surface area contributed by atoms with Crippen molar-refractivity contribution in [3.05, 3.63) is 41.0 Å². The van der Waals surface area contributed by atoms with Gasteiger partial charge in [-0.2, -0.15) is 5.10 Å². The van der Waals surface area contributed by atoms with Crippen molar-refractivity contribution >= 4 is 27.7 Å². The molecule has 0 spiro atoms. The predicted molar refractivity (Wildman–Crippen MR) is 89.9 cm³/mol. The van der Waals surface area contributed by atoms with E-state index < -0.39 is 0 Å². The van der Waals surface area contributed by atoms with Gasteiger partial charge in [-0.3, -0.25) is 4.79 Å². The van der Waals surface area contributed by atoms with Gasteiger partial charge in [0.05, 0.1) is 19.2 Å². The Bertz CT molecular complexity index is 625. The fourth-order valence-corrected chi connectivity index (χ4v) is 2.33. The van der Waals surface area contributed by atoms with Gasteiger partial charge in [0.25, 0.3) is 0 Å². The van der Waals surface area contributed by atoms with E-state index in [1.165, 1.54) is 0 Å². The normalized spacial score (nSPS) is 10.7. The lowest BCUT2D eigenvalue weighted by molar-refractivity contribution is -0.116. The highest BCUT2D eigenvalue weighted by Crippen LogP contribution is 2.18. The number of halogens is 1. The lowest BCUT2D eigenvalue weighted by Crippen LogP contribution is -2.19. The summed E-state index contributed by atoms with van der Waals surface area (Å²) < 4.78 is 8.31. The Labute approximate surface area is 138 Å². The molecule has 0 bridgehead atoms. The van der Waals surface area contributed by atoms with Gasteiger partial charge in [-0.1, -0.05) is 35.8 Å². The minimum atomic E-state index is -0.0829. The number of nitrogens with one attached hydrogen (secondary N) is 1. The number of benzene rings is 1. The molecule has 0 radical (unpaired) electrons. The maximum atomic E-state index is 12.0. The molecular weight excluding hydrogens is 346 g/mol. The highest BCUT2D eigenvalue weighted by molar-refractivity contribution is 9.10. The van der Waals surface area contributed by atoms with Gasteiger partial charge in [-0.25, -0.2) is 4.68 Å². The third-order valence-corrected chi connectivity index (χ3v) is 3.41. The van der Waals surface area contributed by atoms with Crippen molar-refractivity contribution in [1.82, 2.24) is 9.78 Å². The summed E-state index contributed by atoms with van der Waals surface area (Å²) in [7, 11) is 0. The number of ether oxygens (including phenoxy) is 1. The molecular formula is C16H20BrN3O2. The van der Waals surface area contributed by atoms with Crippen molar-refractivity contribution in [3.63, 3.8) is 0 Å². The lowest BCUT2D eigenvalue weighted by Gasteiger charge is -2.11. The van der Waals surface area contributed by atoms with Crippen LogP contribution in [0.15, 0.2) is 41.0 Å². The summed E-state index contributed by atoms with van der Waals surface area (Å²) in [6.45, 7) is 5.33. The molecule has 0 aliphatic heterocycles. The number of anilines is 1. The molecule has 1 aromatic carbocycles. The van der Waals surface area contributed by atoms with Crippen molar-refractivity contribution in [2.24, 2.45) is 5.92 Å². The smallest absolute Gasteiger partial charge is 0.228 e. The minimum Gasteiger partial charge on any atom is -0.493 e.